The number of nitrogens with one attached hydrogen (secondary N) is 1. The van der Waals surface area contributed by atoms with Gasteiger partial charge in [-0.2, -0.15) is 0 Å². The molecular weight excluding hydrogens is 342 g/mol. The minimum atomic E-state index is -0.446. The zero-order chi connectivity index (χ0) is 20.0. The van der Waals surface area contributed by atoms with Crippen molar-refractivity contribution in [2.45, 2.75) is 46.6 Å². The van der Waals surface area contributed by atoms with E-state index in [2.05, 4.69) is 19.2 Å². The van der Waals surface area contributed by atoms with E-state index in [1.807, 2.05) is 31.2 Å². The van der Waals surface area contributed by atoms with E-state index in [0.717, 1.165) is 11.1 Å². The lowest BCUT2D eigenvalue weighted by atomic mass is 9.98. The molecule has 5 heteroatoms. The molecule has 2 aromatic rings. The molecule has 144 valence electrons. The highest BCUT2D eigenvalue weighted by atomic mass is 16.6. The molecule has 27 heavy (non-hydrogen) atoms. The highest BCUT2D eigenvalue weighted by Crippen LogP contribution is 2.24. The van der Waals surface area contributed by atoms with E-state index in [9.17, 15) is 9.59 Å². The first-order valence-electron chi connectivity index (χ1n) is 9.06. The maximum Gasteiger partial charge on any atom is 0.344 e. The van der Waals surface area contributed by atoms with Crippen molar-refractivity contribution < 1.29 is 19.1 Å². The molecule has 0 aliphatic carbocycles. The first kappa shape index (κ1) is 20.5. The van der Waals surface area contributed by atoms with Crippen LogP contribution in [0, 0.1) is 6.92 Å². The molecule has 2 rings (SSSR count). The van der Waals surface area contributed by atoms with Crippen LogP contribution in [-0.4, -0.2) is 18.5 Å². The van der Waals surface area contributed by atoms with E-state index in [1.54, 1.807) is 25.1 Å². The Morgan fingerprint density at radius 2 is 1.81 bits per heavy atom. The molecule has 0 aliphatic heterocycles. The number of amides is 1. The Hall–Kier alpha value is -2.82. The Kier molecular flexibility index (Phi) is 6.99. The molecule has 5 nitrogen and oxygen atoms in total. The van der Waals surface area contributed by atoms with Crippen molar-refractivity contribution in [3.63, 3.8) is 0 Å². The van der Waals surface area contributed by atoms with Gasteiger partial charge < -0.3 is 14.8 Å². The van der Waals surface area contributed by atoms with Gasteiger partial charge in [0.2, 0.25) is 5.91 Å². The Bertz CT molecular complexity index is 814. The summed E-state index contributed by atoms with van der Waals surface area (Å²) in [4.78, 5) is 23.3. The van der Waals surface area contributed by atoms with Crippen LogP contribution >= 0.6 is 0 Å². The number of esters is 1. The van der Waals surface area contributed by atoms with Gasteiger partial charge in [-0.25, -0.2) is 4.79 Å². The third-order valence-corrected chi connectivity index (χ3v) is 4.20. The van der Waals surface area contributed by atoms with Crippen LogP contribution in [0.15, 0.2) is 42.5 Å². The second-order valence-electron chi connectivity index (χ2n) is 6.90. The van der Waals surface area contributed by atoms with Crippen LogP contribution in [0.4, 0.5) is 5.69 Å². The third-order valence-electron chi connectivity index (χ3n) is 4.20. The molecule has 0 saturated heterocycles. The molecule has 1 atom stereocenters. The number of carbonyl (C=O) groups excluding carboxylic acids is 2. The Morgan fingerprint density at radius 1 is 1.07 bits per heavy atom. The molecule has 0 spiro atoms. The number of carbonyl (C=O) groups is 2. The summed E-state index contributed by atoms with van der Waals surface area (Å²) in [5, 5.41) is 2.71. The smallest absolute Gasteiger partial charge is 0.344 e. The van der Waals surface area contributed by atoms with Crippen molar-refractivity contribution in [2.75, 3.05) is 11.9 Å². The van der Waals surface area contributed by atoms with Gasteiger partial charge in [-0.15, -0.1) is 0 Å². The number of ether oxygens (including phenoxy) is 2. The summed E-state index contributed by atoms with van der Waals surface area (Å²) in [6.07, 6.45) is -0.445. The standard InChI is InChI=1S/C22H27NO4/c1-14(2)21-10-9-20(11-15(21)3)26-13-22(25)27-16(4)18-7-6-8-19(12-18)23-17(5)24/h6-12,14,16H,13H2,1-5H3,(H,23,24)/t16-/m1/s1. The SMILES string of the molecule is CC(=O)Nc1cccc([C@@H](C)OC(=O)COc2ccc(C(C)C)c(C)c2)c1. The van der Waals surface area contributed by atoms with Gasteiger partial charge in [-0.05, 0) is 60.7 Å². The third kappa shape index (κ3) is 6.13. The first-order chi connectivity index (χ1) is 12.8. The predicted octanol–water partition coefficient (Wildman–Crippen LogP) is 4.76. The van der Waals surface area contributed by atoms with Crippen LogP contribution in [-0.2, 0) is 14.3 Å². The molecule has 0 radical (unpaired) electrons. The van der Waals surface area contributed by atoms with Crippen LogP contribution in [0.1, 0.15) is 56.4 Å². The number of rotatable bonds is 7. The lowest BCUT2D eigenvalue weighted by Gasteiger charge is -2.16. The second-order valence-corrected chi connectivity index (χ2v) is 6.90. The van der Waals surface area contributed by atoms with Gasteiger partial charge in [0.1, 0.15) is 11.9 Å². The average molecular weight is 369 g/mol. The molecule has 0 unspecified atom stereocenters. The number of aryl methyl sites for hydroxylation is 1. The van der Waals surface area contributed by atoms with Gasteiger partial charge in [0.05, 0.1) is 0 Å². The van der Waals surface area contributed by atoms with E-state index >= 15 is 0 Å². The van der Waals surface area contributed by atoms with E-state index in [1.165, 1.54) is 12.5 Å². The van der Waals surface area contributed by atoms with Gasteiger partial charge in [0, 0.05) is 12.6 Å². The molecule has 0 heterocycles. The van der Waals surface area contributed by atoms with Crippen LogP contribution in [0.25, 0.3) is 0 Å². The van der Waals surface area contributed by atoms with E-state index < -0.39 is 12.1 Å². The lowest BCUT2D eigenvalue weighted by molar-refractivity contribution is -0.151. The number of hydrogen-bond acceptors (Lipinski definition) is 4. The molecule has 0 fully saturated rings. The minimum Gasteiger partial charge on any atom is -0.482 e. The number of benzene rings is 2. The molecule has 1 N–H and O–H groups in total. The summed E-state index contributed by atoms with van der Waals surface area (Å²) in [6, 6.07) is 13.0. The molecule has 0 saturated carbocycles. The van der Waals surface area contributed by atoms with Gasteiger partial charge >= 0.3 is 5.97 Å². The lowest BCUT2D eigenvalue weighted by Crippen LogP contribution is -2.17. The summed E-state index contributed by atoms with van der Waals surface area (Å²) >= 11 is 0. The van der Waals surface area contributed by atoms with Gasteiger partial charge in [0.25, 0.3) is 0 Å². The second kappa shape index (κ2) is 9.21. The summed E-state index contributed by atoms with van der Waals surface area (Å²) in [5.74, 6) is 0.495. The van der Waals surface area contributed by atoms with Gasteiger partial charge in [0.15, 0.2) is 6.61 Å². The summed E-state index contributed by atoms with van der Waals surface area (Å²) in [5.41, 5.74) is 3.86. The van der Waals surface area contributed by atoms with Crippen molar-refractivity contribution in [3.8, 4) is 5.75 Å². The predicted molar refractivity (Wildman–Crippen MR) is 106 cm³/mol. The van der Waals surface area contributed by atoms with Crippen molar-refractivity contribution >= 4 is 17.6 Å². The van der Waals surface area contributed by atoms with Crippen molar-refractivity contribution in [2.24, 2.45) is 0 Å². The van der Waals surface area contributed by atoms with Crippen LogP contribution in [0.5, 0.6) is 5.75 Å². The van der Waals surface area contributed by atoms with Gasteiger partial charge in [-0.3, -0.25) is 4.79 Å². The molecule has 2 aromatic carbocycles. The molecule has 0 bridgehead atoms. The molecule has 1 amide bonds. The first-order valence-corrected chi connectivity index (χ1v) is 9.06. The topological polar surface area (TPSA) is 64.6 Å². The number of anilines is 1. The molecule has 0 aliphatic rings. The van der Waals surface area contributed by atoms with E-state index in [4.69, 9.17) is 9.47 Å². The normalized spacial score (nSPS) is 11.8. The molecular formula is C22H27NO4. The maximum atomic E-state index is 12.1. The monoisotopic (exact) mass is 369 g/mol. The van der Waals surface area contributed by atoms with E-state index in [0.29, 0.717) is 17.4 Å². The largest absolute Gasteiger partial charge is 0.482 e. The van der Waals surface area contributed by atoms with Crippen molar-refractivity contribution in [3.05, 3.63) is 59.2 Å². The Labute approximate surface area is 160 Å². The van der Waals surface area contributed by atoms with Crippen LogP contribution in [0.2, 0.25) is 0 Å². The highest BCUT2D eigenvalue weighted by molar-refractivity contribution is 5.88. The zero-order valence-electron chi connectivity index (χ0n) is 16.5. The minimum absolute atomic E-state index is 0.149. The average Bonchev–Trinajstić information content (AvgIpc) is 2.59. The fourth-order valence-corrected chi connectivity index (χ4v) is 2.90. The van der Waals surface area contributed by atoms with Crippen molar-refractivity contribution in [1.29, 1.82) is 0 Å². The maximum absolute atomic E-state index is 12.1. The fourth-order valence-electron chi connectivity index (χ4n) is 2.90. The highest BCUT2D eigenvalue weighted by Gasteiger charge is 2.14. The summed E-state index contributed by atoms with van der Waals surface area (Å²) < 4.78 is 11.0. The van der Waals surface area contributed by atoms with Gasteiger partial charge in [-0.1, -0.05) is 32.0 Å². The van der Waals surface area contributed by atoms with Crippen LogP contribution in [0.3, 0.4) is 0 Å². The zero-order valence-corrected chi connectivity index (χ0v) is 16.5. The van der Waals surface area contributed by atoms with E-state index in [-0.39, 0.29) is 12.5 Å². The quantitative estimate of drug-likeness (QED) is 0.715. The fraction of sp³-hybridized carbons (Fsp3) is 0.364. The van der Waals surface area contributed by atoms with Crippen LogP contribution < -0.4 is 10.1 Å². The Morgan fingerprint density at radius 3 is 2.44 bits per heavy atom. The summed E-state index contributed by atoms with van der Waals surface area (Å²) in [6.45, 7) is 9.39. The van der Waals surface area contributed by atoms with Crippen molar-refractivity contribution in [1.82, 2.24) is 0 Å². The number of hydrogen-bond donors (Lipinski definition) is 1. The summed E-state index contributed by atoms with van der Waals surface area (Å²) in [7, 11) is 0. The molecule has 0 aromatic heterocycles. The Balaban J connectivity index is 1.92.